The molecule has 0 saturated carbocycles. The van der Waals surface area contributed by atoms with E-state index in [4.69, 9.17) is 4.74 Å². The van der Waals surface area contributed by atoms with Gasteiger partial charge in [0.05, 0.1) is 4.53 Å². The number of fused-ring (bicyclic) bond motifs is 2. The number of para-hydroxylation sites is 1. The number of aromatic nitrogens is 3. The first kappa shape index (κ1) is 22.4. The maximum atomic E-state index is 13.3. The van der Waals surface area contributed by atoms with Crippen LogP contribution in [0, 0.1) is 0 Å². The van der Waals surface area contributed by atoms with Crippen LogP contribution in [0.4, 0.5) is 0 Å². The smallest absolute Gasteiger partial charge is 0.291 e. The van der Waals surface area contributed by atoms with Crippen LogP contribution in [0.15, 0.2) is 89.2 Å². The van der Waals surface area contributed by atoms with E-state index >= 15 is 0 Å². The third-order valence-electron chi connectivity index (χ3n) is 6.38. The molecule has 0 fully saturated rings. The average Bonchev–Trinajstić information content (AvgIpc) is 3.43. The Bertz CT molecular complexity index is 1710. The van der Waals surface area contributed by atoms with Crippen LogP contribution < -0.4 is 14.8 Å². The SMILES string of the molecule is CC(C)(C)c1ccc(-c2nc3sc(=CC4=Cc5ccccc5OC4c4ccccc4)c(=O)n3n2)cc1. The van der Waals surface area contributed by atoms with Gasteiger partial charge < -0.3 is 4.74 Å². The number of hydrogen-bond acceptors (Lipinski definition) is 5. The molecule has 1 atom stereocenters. The predicted molar refractivity (Wildman–Crippen MR) is 145 cm³/mol. The highest BCUT2D eigenvalue weighted by molar-refractivity contribution is 7.15. The summed E-state index contributed by atoms with van der Waals surface area (Å²) in [6, 6.07) is 26.2. The summed E-state index contributed by atoms with van der Waals surface area (Å²) in [5.41, 5.74) is 4.97. The highest BCUT2D eigenvalue weighted by Gasteiger charge is 2.24. The molecule has 36 heavy (non-hydrogen) atoms. The van der Waals surface area contributed by atoms with Crippen LogP contribution in [-0.4, -0.2) is 14.6 Å². The highest BCUT2D eigenvalue weighted by atomic mass is 32.1. The topological polar surface area (TPSA) is 56.5 Å². The zero-order chi connectivity index (χ0) is 24.9. The molecule has 0 aliphatic carbocycles. The molecule has 178 valence electrons. The van der Waals surface area contributed by atoms with Gasteiger partial charge in [-0.2, -0.15) is 9.50 Å². The molecule has 0 saturated heterocycles. The van der Waals surface area contributed by atoms with Crippen molar-refractivity contribution in [2.45, 2.75) is 32.3 Å². The Labute approximate surface area is 213 Å². The second-order valence-corrected chi connectivity index (χ2v) is 11.0. The largest absolute Gasteiger partial charge is 0.480 e. The Morgan fingerprint density at radius 2 is 1.67 bits per heavy atom. The summed E-state index contributed by atoms with van der Waals surface area (Å²) >= 11 is 1.34. The maximum Gasteiger partial charge on any atom is 0.291 e. The van der Waals surface area contributed by atoms with Crippen LogP contribution in [0.2, 0.25) is 0 Å². The molecule has 5 nitrogen and oxygen atoms in total. The quantitative estimate of drug-likeness (QED) is 0.319. The lowest BCUT2D eigenvalue weighted by atomic mass is 9.87. The fourth-order valence-corrected chi connectivity index (χ4v) is 5.30. The van der Waals surface area contributed by atoms with E-state index in [0.717, 1.165) is 28.0 Å². The van der Waals surface area contributed by atoms with Gasteiger partial charge in [-0.3, -0.25) is 4.79 Å². The molecule has 5 aromatic rings. The van der Waals surface area contributed by atoms with Crippen molar-refractivity contribution in [2.75, 3.05) is 0 Å². The van der Waals surface area contributed by atoms with Crippen molar-refractivity contribution in [3.8, 4) is 17.1 Å². The minimum Gasteiger partial charge on any atom is -0.480 e. The number of hydrogen-bond donors (Lipinski definition) is 0. The predicted octanol–water partition coefficient (Wildman–Crippen LogP) is 5.83. The van der Waals surface area contributed by atoms with Gasteiger partial charge in [0.15, 0.2) is 5.82 Å². The van der Waals surface area contributed by atoms with Gasteiger partial charge in [-0.05, 0) is 40.3 Å². The molecule has 3 aromatic carbocycles. The van der Waals surface area contributed by atoms with Crippen molar-refractivity contribution in [1.29, 1.82) is 0 Å². The van der Waals surface area contributed by atoms with Gasteiger partial charge in [-0.1, -0.05) is 105 Å². The fraction of sp³-hybridized carbons (Fsp3) is 0.167. The average molecular weight is 492 g/mol. The lowest BCUT2D eigenvalue weighted by Gasteiger charge is -2.26. The number of ether oxygens (including phenoxy) is 1. The summed E-state index contributed by atoms with van der Waals surface area (Å²) in [5.74, 6) is 1.39. The van der Waals surface area contributed by atoms with Gasteiger partial charge in [0.2, 0.25) is 4.96 Å². The van der Waals surface area contributed by atoms with E-state index in [-0.39, 0.29) is 17.1 Å². The Hall–Kier alpha value is -4.03. The normalized spacial score (nSPS) is 16.0. The van der Waals surface area contributed by atoms with Gasteiger partial charge in [0.25, 0.3) is 5.56 Å². The van der Waals surface area contributed by atoms with E-state index in [1.165, 1.54) is 21.4 Å². The Morgan fingerprint density at radius 1 is 0.944 bits per heavy atom. The Balaban J connectivity index is 1.41. The van der Waals surface area contributed by atoms with E-state index in [1.54, 1.807) is 0 Å². The van der Waals surface area contributed by atoms with Crippen molar-refractivity contribution in [2.24, 2.45) is 0 Å². The zero-order valence-electron chi connectivity index (χ0n) is 20.3. The first-order valence-electron chi connectivity index (χ1n) is 11.9. The summed E-state index contributed by atoms with van der Waals surface area (Å²) in [4.78, 5) is 18.5. The van der Waals surface area contributed by atoms with E-state index in [0.29, 0.717) is 15.3 Å². The number of benzene rings is 3. The molecule has 0 N–H and O–H groups in total. The molecule has 6 rings (SSSR count). The monoisotopic (exact) mass is 491 g/mol. The van der Waals surface area contributed by atoms with Crippen LogP contribution in [0.25, 0.3) is 28.5 Å². The minimum atomic E-state index is -0.306. The van der Waals surface area contributed by atoms with Crippen molar-refractivity contribution in [3.63, 3.8) is 0 Å². The molecule has 1 aliphatic rings. The Morgan fingerprint density at radius 3 is 2.39 bits per heavy atom. The summed E-state index contributed by atoms with van der Waals surface area (Å²) in [6.45, 7) is 6.55. The van der Waals surface area contributed by atoms with E-state index in [9.17, 15) is 4.79 Å². The van der Waals surface area contributed by atoms with Gasteiger partial charge in [0, 0.05) is 11.1 Å². The molecule has 1 unspecified atom stereocenters. The molecule has 2 aromatic heterocycles. The van der Waals surface area contributed by atoms with Crippen molar-refractivity contribution in [1.82, 2.24) is 14.6 Å². The first-order chi connectivity index (χ1) is 17.4. The van der Waals surface area contributed by atoms with Crippen LogP contribution in [0.1, 0.15) is 43.6 Å². The maximum absolute atomic E-state index is 13.3. The number of rotatable bonds is 3. The van der Waals surface area contributed by atoms with Crippen LogP contribution in [-0.2, 0) is 5.41 Å². The highest BCUT2D eigenvalue weighted by Crippen LogP contribution is 2.37. The summed E-state index contributed by atoms with van der Waals surface area (Å²) in [5, 5.41) is 4.53. The van der Waals surface area contributed by atoms with Crippen LogP contribution in [0.5, 0.6) is 5.75 Å². The minimum absolute atomic E-state index is 0.0725. The third kappa shape index (κ3) is 4.03. The number of nitrogens with zero attached hydrogens (tertiary/aromatic N) is 3. The van der Waals surface area contributed by atoms with E-state index in [2.05, 4.69) is 49.1 Å². The van der Waals surface area contributed by atoms with Crippen molar-refractivity contribution in [3.05, 3.63) is 116 Å². The van der Waals surface area contributed by atoms with Crippen LogP contribution >= 0.6 is 11.3 Å². The molecule has 6 heteroatoms. The fourth-order valence-electron chi connectivity index (χ4n) is 4.39. The number of thiazole rings is 1. The second kappa shape index (κ2) is 8.57. The lowest BCUT2D eigenvalue weighted by molar-refractivity contribution is 0.244. The van der Waals surface area contributed by atoms with Crippen LogP contribution in [0.3, 0.4) is 0 Å². The summed E-state index contributed by atoms with van der Waals surface area (Å²) in [7, 11) is 0. The van der Waals surface area contributed by atoms with E-state index in [1.807, 2.05) is 72.8 Å². The molecular weight excluding hydrogens is 466 g/mol. The molecule has 0 bridgehead atoms. The summed E-state index contributed by atoms with van der Waals surface area (Å²) in [6.07, 6.45) is 3.70. The van der Waals surface area contributed by atoms with Gasteiger partial charge in [-0.25, -0.2) is 0 Å². The summed E-state index contributed by atoms with van der Waals surface area (Å²) < 4.78 is 8.35. The lowest BCUT2D eigenvalue weighted by Crippen LogP contribution is -2.25. The van der Waals surface area contributed by atoms with E-state index < -0.39 is 0 Å². The molecule has 0 radical (unpaired) electrons. The Kier molecular flexibility index (Phi) is 5.34. The molecule has 0 amide bonds. The molecule has 0 spiro atoms. The first-order valence-corrected chi connectivity index (χ1v) is 12.7. The molecule has 1 aliphatic heterocycles. The van der Waals surface area contributed by atoms with Gasteiger partial charge in [-0.15, -0.1) is 5.10 Å². The van der Waals surface area contributed by atoms with Crippen molar-refractivity contribution < 1.29 is 4.74 Å². The third-order valence-corrected chi connectivity index (χ3v) is 7.34. The standard InChI is InChI=1S/C30H25N3O2S/c1-30(2,3)23-15-13-20(14-16-23)27-31-29-33(32-27)28(34)25(36-29)18-22-17-21-11-7-8-12-24(21)35-26(22)19-9-5-4-6-10-19/h4-18,26H,1-3H3. The molecular formula is C30H25N3O2S. The zero-order valence-corrected chi connectivity index (χ0v) is 21.1. The van der Waals surface area contributed by atoms with Gasteiger partial charge in [0.1, 0.15) is 11.9 Å². The van der Waals surface area contributed by atoms with Gasteiger partial charge >= 0.3 is 0 Å². The van der Waals surface area contributed by atoms with Crippen molar-refractivity contribution >= 4 is 28.4 Å². The second-order valence-electron chi connectivity index (χ2n) is 9.96. The molecule has 3 heterocycles.